The van der Waals surface area contributed by atoms with Crippen molar-refractivity contribution in [3.8, 4) is 17.1 Å². The Morgan fingerprint density at radius 2 is 1.79 bits per heavy atom. The smallest absolute Gasteiger partial charge is 0.251 e. The molecule has 10 heteroatoms. The second kappa shape index (κ2) is 10.9. The number of hydrogen-bond donors (Lipinski definition) is 1. The molecule has 0 fully saturated rings. The molecule has 0 saturated heterocycles. The van der Waals surface area contributed by atoms with E-state index in [9.17, 15) is 9.59 Å². The molecule has 0 aliphatic rings. The van der Waals surface area contributed by atoms with Gasteiger partial charge in [0.25, 0.3) is 11.8 Å². The van der Waals surface area contributed by atoms with Crippen molar-refractivity contribution >= 4 is 17.5 Å². The summed E-state index contributed by atoms with van der Waals surface area (Å²) in [6.45, 7) is 9.23. The normalized spacial score (nSPS) is 12.2. The molecule has 2 aromatic carbocycles. The Bertz CT molecular complexity index is 1400. The summed E-state index contributed by atoms with van der Waals surface area (Å²) < 4.78 is 11.3. The minimum absolute atomic E-state index is 0.268. The van der Waals surface area contributed by atoms with Gasteiger partial charge < -0.3 is 14.5 Å². The predicted molar refractivity (Wildman–Crippen MR) is 143 cm³/mol. The molecule has 0 aliphatic heterocycles. The zero-order chi connectivity index (χ0) is 27.4. The van der Waals surface area contributed by atoms with Gasteiger partial charge in [-0.05, 0) is 69.7 Å². The maximum atomic E-state index is 14.0. The highest BCUT2D eigenvalue weighted by atomic mass is 16.5. The Labute approximate surface area is 221 Å². The topological polar surface area (TPSA) is 115 Å². The van der Waals surface area contributed by atoms with Crippen molar-refractivity contribution in [2.24, 2.45) is 0 Å². The van der Waals surface area contributed by atoms with E-state index in [1.807, 2.05) is 65.0 Å². The molecule has 0 unspecified atom stereocenters. The summed E-state index contributed by atoms with van der Waals surface area (Å²) in [7, 11) is 1.51. The lowest BCUT2D eigenvalue weighted by molar-refractivity contribution is -0.128. The number of benzene rings is 2. The van der Waals surface area contributed by atoms with Crippen molar-refractivity contribution in [2.45, 2.75) is 52.7 Å². The largest absolute Gasteiger partial charge is 0.495 e. The molecule has 2 heterocycles. The number of hydrogen-bond acceptors (Lipinski definition) is 7. The summed E-state index contributed by atoms with van der Waals surface area (Å²) >= 11 is 0. The molecule has 10 nitrogen and oxygen atoms in total. The van der Waals surface area contributed by atoms with Crippen LogP contribution >= 0.6 is 0 Å². The summed E-state index contributed by atoms with van der Waals surface area (Å²) in [4.78, 5) is 30.3. The van der Waals surface area contributed by atoms with Crippen molar-refractivity contribution in [1.82, 2.24) is 25.5 Å². The Balaban J connectivity index is 1.76. The van der Waals surface area contributed by atoms with Crippen molar-refractivity contribution in [1.29, 1.82) is 0 Å². The van der Waals surface area contributed by atoms with Crippen LogP contribution in [0, 0.1) is 13.8 Å². The van der Waals surface area contributed by atoms with Crippen LogP contribution in [0.1, 0.15) is 43.7 Å². The number of anilines is 1. The highest BCUT2D eigenvalue weighted by molar-refractivity contribution is 6.02. The van der Waals surface area contributed by atoms with Gasteiger partial charge in [-0.1, -0.05) is 35.9 Å². The molecular weight excluding hydrogens is 484 g/mol. The second-order valence-corrected chi connectivity index (χ2v) is 10.1. The number of rotatable bonds is 8. The molecule has 198 valence electrons. The summed E-state index contributed by atoms with van der Waals surface area (Å²) in [6, 6.07) is 15.3. The first-order chi connectivity index (χ1) is 18.1. The quantitative estimate of drug-likeness (QED) is 0.372. The van der Waals surface area contributed by atoms with E-state index in [-0.39, 0.29) is 6.54 Å². The van der Waals surface area contributed by atoms with Crippen LogP contribution in [0.15, 0.2) is 65.3 Å². The summed E-state index contributed by atoms with van der Waals surface area (Å²) in [5.41, 5.74) is 2.64. The number of aromatic nitrogens is 4. The second-order valence-electron chi connectivity index (χ2n) is 10.1. The molecule has 0 spiro atoms. The molecule has 38 heavy (non-hydrogen) atoms. The molecule has 1 N–H and O–H groups in total. The van der Waals surface area contributed by atoms with E-state index in [0.717, 1.165) is 16.7 Å². The molecular formula is C28H32N6O4. The first-order valence-corrected chi connectivity index (χ1v) is 12.2. The van der Waals surface area contributed by atoms with Gasteiger partial charge in [-0.2, -0.15) is 4.80 Å². The maximum Gasteiger partial charge on any atom is 0.251 e. The van der Waals surface area contributed by atoms with Crippen LogP contribution in [0.3, 0.4) is 0 Å². The molecule has 4 rings (SSSR count). The van der Waals surface area contributed by atoms with E-state index in [1.54, 1.807) is 24.3 Å². The Morgan fingerprint density at radius 3 is 2.42 bits per heavy atom. The maximum absolute atomic E-state index is 14.0. The zero-order valence-corrected chi connectivity index (χ0v) is 22.4. The summed E-state index contributed by atoms with van der Waals surface area (Å²) in [6.07, 6.45) is 1.47. The number of nitrogens with one attached hydrogen (secondary N) is 1. The molecule has 0 bridgehead atoms. The predicted octanol–water partition coefficient (Wildman–Crippen LogP) is 4.25. The van der Waals surface area contributed by atoms with E-state index in [2.05, 4.69) is 20.7 Å². The van der Waals surface area contributed by atoms with Gasteiger partial charge in [0.1, 0.15) is 18.1 Å². The number of methoxy groups -OCH3 is 1. The van der Waals surface area contributed by atoms with E-state index in [0.29, 0.717) is 23.0 Å². The Kier molecular flexibility index (Phi) is 7.61. The molecule has 2 aromatic heterocycles. The number of furan rings is 1. The van der Waals surface area contributed by atoms with Gasteiger partial charge in [0.05, 0.1) is 19.1 Å². The number of amides is 2. The standard InChI is InChI=1S/C28H32N6O4/c1-18-9-12-20(13-10-18)26-30-32-33(31-26)17-24(35)34(21-16-19(2)11-14-22(21)37-6)25(23-8-7-15-38-23)27(36)29-28(3,4)5/h7-16,25H,17H2,1-6H3,(H,29,36)/t25-/m0/s1. The van der Waals surface area contributed by atoms with Crippen molar-refractivity contribution in [3.63, 3.8) is 0 Å². The van der Waals surface area contributed by atoms with E-state index >= 15 is 0 Å². The zero-order valence-electron chi connectivity index (χ0n) is 22.4. The van der Waals surface area contributed by atoms with Crippen molar-refractivity contribution in [2.75, 3.05) is 12.0 Å². The van der Waals surface area contributed by atoms with Gasteiger partial charge >= 0.3 is 0 Å². The molecule has 1 atom stereocenters. The van der Waals surface area contributed by atoms with Gasteiger partial charge in [0.2, 0.25) is 5.82 Å². The lowest BCUT2D eigenvalue weighted by atomic mass is 10.0. The monoisotopic (exact) mass is 516 g/mol. The average molecular weight is 517 g/mol. The van der Waals surface area contributed by atoms with E-state index < -0.39 is 23.4 Å². The van der Waals surface area contributed by atoms with Crippen LogP contribution in [0.4, 0.5) is 5.69 Å². The van der Waals surface area contributed by atoms with E-state index in [4.69, 9.17) is 9.15 Å². The fraction of sp³-hybridized carbons (Fsp3) is 0.321. The molecule has 0 saturated carbocycles. The Morgan fingerprint density at radius 1 is 1.08 bits per heavy atom. The van der Waals surface area contributed by atoms with E-state index in [1.165, 1.54) is 23.1 Å². The van der Waals surface area contributed by atoms with Gasteiger partial charge in [-0.15, -0.1) is 10.2 Å². The number of aryl methyl sites for hydroxylation is 2. The number of carbonyl (C=O) groups excluding carboxylic acids is 2. The average Bonchev–Trinajstić information content (AvgIpc) is 3.54. The molecule has 0 aliphatic carbocycles. The lowest BCUT2D eigenvalue weighted by Gasteiger charge is -2.33. The third-order valence-electron chi connectivity index (χ3n) is 5.72. The van der Waals surface area contributed by atoms with Crippen molar-refractivity contribution < 1.29 is 18.7 Å². The number of nitrogens with zero attached hydrogens (tertiary/aromatic N) is 5. The highest BCUT2D eigenvalue weighted by Gasteiger charge is 2.38. The first-order valence-electron chi connectivity index (χ1n) is 12.2. The lowest BCUT2D eigenvalue weighted by Crippen LogP contribution is -2.50. The molecule has 4 aromatic rings. The van der Waals surface area contributed by atoms with Crippen LogP contribution in [-0.4, -0.2) is 44.7 Å². The third kappa shape index (κ3) is 6.08. The SMILES string of the molecule is COc1ccc(C)cc1N(C(=O)Cn1nnc(-c2ccc(C)cc2)n1)[C@H](C(=O)NC(C)(C)C)c1ccco1. The van der Waals surface area contributed by atoms with Crippen LogP contribution in [0.5, 0.6) is 5.75 Å². The van der Waals surface area contributed by atoms with Crippen LogP contribution in [-0.2, 0) is 16.1 Å². The van der Waals surface area contributed by atoms with Gasteiger partial charge in [-0.25, -0.2) is 0 Å². The van der Waals surface area contributed by atoms with Gasteiger partial charge in [0.15, 0.2) is 6.04 Å². The van der Waals surface area contributed by atoms with Crippen LogP contribution < -0.4 is 15.0 Å². The van der Waals surface area contributed by atoms with Gasteiger partial charge in [-0.3, -0.25) is 14.5 Å². The van der Waals surface area contributed by atoms with Crippen LogP contribution in [0.25, 0.3) is 11.4 Å². The highest BCUT2D eigenvalue weighted by Crippen LogP contribution is 2.36. The minimum atomic E-state index is -1.12. The summed E-state index contributed by atoms with van der Waals surface area (Å²) in [5.74, 6) is 0.264. The third-order valence-corrected chi connectivity index (χ3v) is 5.72. The first kappa shape index (κ1) is 26.6. The van der Waals surface area contributed by atoms with Gasteiger partial charge in [0, 0.05) is 11.1 Å². The number of tetrazole rings is 1. The fourth-order valence-electron chi connectivity index (χ4n) is 3.99. The molecule has 0 radical (unpaired) electrons. The fourth-order valence-corrected chi connectivity index (χ4v) is 3.99. The Hall–Kier alpha value is -4.47. The number of ether oxygens (including phenoxy) is 1. The molecule has 2 amide bonds. The van der Waals surface area contributed by atoms with Crippen LogP contribution in [0.2, 0.25) is 0 Å². The minimum Gasteiger partial charge on any atom is -0.495 e. The number of carbonyl (C=O) groups is 2. The van der Waals surface area contributed by atoms with Crippen molar-refractivity contribution in [3.05, 3.63) is 77.7 Å². The summed E-state index contributed by atoms with van der Waals surface area (Å²) in [5, 5.41) is 15.6.